The first-order chi connectivity index (χ1) is 15.3. The molecule has 2 fully saturated rings. The number of carbonyl (C=O) groups is 2. The molecule has 0 radical (unpaired) electrons. The number of nitrogens with two attached hydrogens (primary N) is 1. The predicted molar refractivity (Wildman–Crippen MR) is 117 cm³/mol. The lowest BCUT2D eigenvalue weighted by atomic mass is 9.49. The van der Waals surface area contributed by atoms with Crippen LogP contribution in [0.25, 0.3) is 0 Å². The van der Waals surface area contributed by atoms with Crippen LogP contribution in [0, 0.1) is 6.92 Å². The van der Waals surface area contributed by atoms with Crippen LogP contribution in [-0.2, 0) is 16.6 Å². The molecule has 166 valence electrons. The molecule has 2 aromatic carbocycles. The van der Waals surface area contributed by atoms with Crippen molar-refractivity contribution in [1.82, 2.24) is 4.90 Å². The van der Waals surface area contributed by atoms with E-state index in [1.54, 1.807) is 18.2 Å². The zero-order chi connectivity index (χ0) is 22.4. The number of hydrogen-bond donors (Lipinski definition) is 2. The number of Topliss-reactive ketones (excluding diaryl/α,β-unsaturated/α-hetero) is 1. The zero-order valence-corrected chi connectivity index (χ0v) is 18.2. The minimum atomic E-state index is -1.06. The number of nitrogens with zero attached hydrogens (tertiary/aromatic N) is 1. The number of para-hydroxylation sites is 1. The van der Waals surface area contributed by atoms with Crippen LogP contribution in [0.5, 0.6) is 11.5 Å². The van der Waals surface area contributed by atoms with E-state index in [0.717, 1.165) is 23.2 Å². The number of anilines is 1. The Bertz CT molecular complexity index is 1190. The molecule has 2 aromatic rings. The monoisotopic (exact) mass is 434 g/mol. The van der Waals surface area contributed by atoms with E-state index in [9.17, 15) is 14.7 Å². The normalized spacial score (nSPS) is 32.3. The summed E-state index contributed by atoms with van der Waals surface area (Å²) in [6.07, 6.45) is 1.24. The molecule has 4 aliphatic rings. The highest BCUT2D eigenvalue weighted by Crippen LogP contribution is 2.64. The van der Waals surface area contributed by atoms with Crippen LogP contribution in [0.2, 0.25) is 0 Å². The summed E-state index contributed by atoms with van der Waals surface area (Å²) in [5, 5.41) is 12.0. The molecular formula is C25H26N2O5. The quantitative estimate of drug-likeness (QED) is 0.424. The molecule has 4 atom stereocenters. The van der Waals surface area contributed by atoms with Gasteiger partial charge in [0.2, 0.25) is 0 Å². The van der Waals surface area contributed by atoms with Gasteiger partial charge < -0.3 is 25.2 Å². The molecule has 0 aromatic heterocycles. The number of aryl methyl sites for hydroxylation is 1. The lowest BCUT2D eigenvalue weighted by Gasteiger charge is -2.62. The van der Waals surface area contributed by atoms with Gasteiger partial charge in [-0.25, -0.2) is 4.79 Å². The molecule has 0 unspecified atom stereocenters. The second-order valence-electron chi connectivity index (χ2n) is 9.66. The fraction of sp³-hybridized carbons (Fsp3) is 0.440. The Labute approximate surface area is 186 Å². The zero-order valence-electron chi connectivity index (χ0n) is 18.2. The molecule has 3 N–H and O–H groups in total. The molecule has 6 rings (SSSR count). The number of ether oxygens (including phenoxy) is 2. The van der Waals surface area contributed by atoms with Crippen molar-refractivity contribution < 1.29 is 24.2 Å². The number of likely N-dealkylation sites (N-methyl/N-ethyl adjacent to an activating group) is 1. The first-order valence-corrected chi connectivity index (χ1v) is 11.1. The minimum absolute atomic E-state index is 0.00207. The third-order valence-electron chi connectivity index (χ3n) is 8.26. The van der Waals surface area contributed by atoms with Crippen LogP contribution in [-0.4, -0.2) is 53.1 Å². The summed E-state index contributed by atoms with van der Waals surface area (Å²) in [6, 6.07) is 8.83. The average Bonchev–Trinajstić information content (AvgIpc) is 3.12. The van der Waals surface area contributed by atoms with Crippen LogP contribution >= 0.6 is 0 Å². The van der Waals surface area contributed by atoms with Crippen LogP contribution in [0.4, 0.5) is 5.69 Å². The van der Waals surface area contributed by atoms with E-state index in [2.05, 4.69) is 4.90 Å². The number of piperidine rings is 1. The molecular weight excluding hydrogens is 408 g/mol. The Kier molecular flexibility index (Phi) is 3.91. The number of rotatable bonds is 2. The van der Waals surface area contributed by atoms with Crippen molar-refractivity contribution in [2.24, 2.45) is 0 Å². The Balaban J connectivity index is 1.49. The topological polar surface area (TPSA) is 102 Å². The maximum absolute atomic E-state index is 13.0. The highest BCUT2D eigenvalue weighted by molar-refractivity contribution is 5.97. The highest BCUT2D eigenvalue weighted by Gasteiger charge is 2.72. The second kappa shape index (κ2) is 6.33. The van der Waals surface area contributed by atoms with Gasteiger partial charge >= 0.3 is 5.97 Å². The fourth-order valence-corrected chi connectivity index (χ4v) is 6.62. The molecule has 2 aliphatic heterocycles. The third kappa shape index (κ3) is 2.22. The molecule has 32 heavy (non-hydrogen) atoms. The number of aliphatic hydroxyl groups is 1. The molecule has 7 heteroatoms. The Hall–Kier alpha value is -2.90. The SMILES string of the molecule is Cc1cccc(C(=O)Oc2ccc3c4c2O[C@H]2C(=O)CC[C@@]5(O)[C@@H](C3)N(C)CC[C@]425)c1N. The number of hydrogen-bond acceptors (Lipinski definition) is 7. The van der Waals surface area contributed by atoms with Gasteiger partial charge in [0.15, 0.2) is 23.4 Å². The fourth-order valence-electron chi connectivity index (χ4n) is 6.62. The summed E-state index contributed by atoms with van der Waals surface area (Å²) in [4.78, 5) is 28.2. The smallest absolute Gasteiger partial charge is 0.345 e. The van der Waals surface area contributed by atoms with Gasteiger partial charge in [0, 0.05) is 23.7 Å². The van der Waals surface area contributed by atoms with Crippen LogP contribution in [0.3, 0.4) is 0 Å². The first-order valence-electron chi connectivity index (χ1n) is 11.1. The molecule has 7 nitrogen and oxygen atoms in total. The van der Waals surface area contributed by atoms with Gasteiger partial charge in [-0.1, -0.05) is 18.2 Å². The largest absolute Gasteiger partial charge is 0.477 e. The van der Waals surface area contributed by atoms with Gasteiger partial charge in [-0.3, -0.25) is 4.79 Å². The van der Waals surface area contributed by atoms with Crippen LogP contribution < -0.4 is 15.2 Å². The summed E-state index contributed by atoms with van der Waals surface area (Å²) in [5.74, 6) is 0.119. The van der Waals surface area contributed by atoms with Gasteiger partial charge in [-0.2, -0.15) is 0 Å². The lowest BCUT2D eigenvalue weighted by Crippen LogP contribution is -2.76. The van der Waals surface area contributed by atoms with Crippen LogP contribution in [0.1, 0.15) is 46.3 Å². The molecule has 2 heterocycles. The number of benzene rings is 2. The Morgan fingerprint density at radius 3 is 2.91 bits per heavy atom. The summed E-state index contributed by atoms with van der Waals surface area (Å²) in [5.41, 5.74) is 7.60. The van der Waals surface area contributed by atoms with E-state index in [1.807, 2.05) is 26.1 Å². The van der Waals surface area contributed by atoms with E-state index in [-0.39, 0.29) is 29.6 Å². The number of ketones is 1. The number of esters is 1. The average molecular weight is 434 g/mol. The van der Waals surface area contributed by atoms with Crippen molar-refractivity contribution in [2.75, 3.05) is 19.3 Å². The van der Waals surface area contributed by atoms with E-state index >= 15 is 0 Å². The summed E-state index contributed by atoms with van der Waals surface area (Å²) < 4.78 is 12.1. The highest BCUT2D eigenvalue weighted by atomic mass is 16.6. The van der Waals surface area contributed by atoms with Crippen molar-refractivity contribution in [2.45, 2.75) is 55.8 Å². The third-order valence-corrected chi connectivity index (χ3v) is 8.26. The van der Waals surface area contributed by atoms with E-state index in [4.69, 9.17) is 15.2 Å². The van der Waals surface area contributed by atoms with Gasteiger partial charge in [-0.15, -0.1) is 0 Å². The lowest BCUT2D eigenvalue weighted by molar-refractivity contribution is -0.185. The van der Waals surface area contributed by atoms with Gasteiger partial charge in [0.25, 0.3) is 0 Å². The number of carbonyl (C=O) groups excluding carboxylic acids is 2. The molecule has 1 saturated heterocycles. The van der Waals surface area contributed by atoms with Crippen molar-refractivity contribution in [3.63, 3.8) is 0 Å². The van der Waals surface area contributed by atoms with E-state index in [0.29, 0.717) is 30.7 Å². The number of nitrogen functional groups attached to an aromatic ring is 1. The Morgan fingerprint density at radius 2 is 2.09 bits per heavy atom. The van der Waals surface area contributed by atoms with Gasteiger partial charge in [0.05, 0.1) is 16.6 Å². The maximum Gasteiger partial charge on any atom is 0.345 e. The second-order valence-corrected chi connectivity index (χ2v) is 9.66. The summed E-state index contributed by atoms with van der Waals surface area (Å²) in [7, 11) is 2.03. The molecule has 1 spiro atoms. The number of likely N-dealkylation sites (tertiary alicyclic amines) is 1. The Morgan fingerprint density at radius 1 is 1.28 bits per heavy atom. The van der Waals surface area contributed by atoms with Crippen molar-refractivity contribution >= 4 is 17.4 Å². The van der Waals surface area contributed by atoms with Crippen molar-refractivity contribution in [1.29, 1.82) is 0 Å². The van der Waals surface area contributed by atoms with E-state index < -0.39 is 23.1 Å². The van der Waals surface area contributed by atoms with Crippen molar-refractivity contribution in [3.8, 4) is 11.5 Å². The molecule has 2 aliphatic carbocycles. The molecule has 0 amide bonds. The first kappa shape index (κ1) is 19.8. The molecule has 2 bridgehead atoms. The van der Waals surface area contributed by atoms with E-state index in [1.165, 1.54) is 0 Å². The standard InChI is InChI=1S/C25H26N2O5/c1-13-4-3-5-15(20(13)26)23(29)31-17-7-6-14-12-18-25(30)9-8-16(28)22-24(25,10-11-27(18)2)19(14)21(17)32-22/h3-7,18,22,30H,8-12,26H2,1-2H3/t18-,22+,24+,25-/m1/s1. The summed E-state index contributed by atoms with van der Waals surface area (Å²) >= 11 is 0. The minimum Gasteiger partial charge on any atom is -0.477 e. The summed E-state index contributed by atoms with van der Waals surface area (Å²) in [6.45, 7) is 2.60. The maximum atomic E-state index is 13.0. The predicted octanol–water partition coefficient (Wildman–Crippen LogP) is 2.15. The van der Waals surface area contributed by atoms with Crippen LogP contribution in [0.15, 0.2) is 30.3 Å². The van der Waals surface area contributed by atoms with Gasteiger partial charge in [0.1, 0.15) is 0 Å². The van der Waals surface area contributed by atoms with Gasteiger partial charge in [-0.05, 0) is 63.0 Å². The van der Waals surface area contributed by atoms with Crippen molar-refractivity contribution in [3.05, 3.63) is 52.6 Å². The molecule has 1 saturated carbocycles.